The van der Waals surface area contributed by atoms with E-state index in [0.717, 1.165) is 11.3 Å². The van der Waals surface area contributed by atoms with Crippen LogP contribution in [0.15, 0.2) is 54.9 Å². The first-order chi connectivity index (χ1) is 12.1. The summed E-state index contributed by atoms with van der Waals surface area (Å²) < 4.78 is 7.19. The Morgan fingerprint density at radius 3 is 2.68 bits per heavy atom. The predicted octanol–water partition coefficient (Wildman–Crippen LogP) is 2.40. The molecule has 0 aliphatic rings. The van der Waals surface area contributed by atoms with Crippen LogP contribution in [0.2, 0.25) is 5.02 Å². The fourth-order valence-corrected chi connectivity index (χ4v) is 2.39. The fourth-order valence-electron chi connectivity index (χ4n) is 2.18. The lowest BCUT2D eigenvalue weighted by molar-refractivity contribution is -0.127. The first-order valence-corrected chi connectivity index (χ1v) is 8.02. The standard InChI is InChI=1S/C17H16ClN5O2/c1-12(17(24)19-10-13-4-2-3-5-16(13)18)25-15-8-6-14(7-9-15)23-11-20-21-22-23/h2-9,11-12H,10H2,1H3,(H,19,24). The number of hydrogen-bond acceptors (Lipinski definition) is 5. The minimum Gasteiger partial charge on any atom is -0.481 e. The first-order valence-electron chi connectivity index (χ1n) is 7.64. The average molecular weight is 358 g/mol. The molecular formula is C17H16ClN5O2. The normalized spacial score (nSPS) is 11.8. The molecule has 0 spiro atoms. The minimum absolute atomic E-state index is 0.218. The van der Waals surface area contributed by atoms with E-state index < -0.39 is 6.10 Å². The van der Waals surface area contributed by atoms with Crippen LogP contribution >= 0.6 is 11.6 Å². The Morgan fingerprint density at radius 2 is 2.00 bits per heavy atom. The average Bonchev–Trinajstić information content (AvgIpc) is 3.16. The smallest absolute Gasteiger partial charge is 0.261 e. The monoisotopic (exact) mass is 357 g/mol. The predicted molar refractivity (Wildman–Crippen MR) is 92.5 cm³/mol. The second kappa shape index (κ2) is 7.76. The van der Waals surface area contributed by atoms with Crippen molar-refractivity contribution in [1.82, 2.24) is 25.5 Å². The van der Waals surface area contributed by atoms with Gasteiger partial charge in [0.15, 0.2) is 6.10 Å². The molecule has 0 aliphatic heterocycles. The van der Waals surface area contributed by atoms with Crippen molar-refractivity contribution < 1.29 is 9.53 Å². The Labute approximate surface area is 149 Å². The van der Waals surface area contributed by atoms with Gasteiger partial charge in [0.1, 0.15) is 12.1 Å². The van der Waals surface area contributed by atoms with E-state index in [2.05, 4.69) is 20.8 Å². The van der Waals surface area contributed by atoms with Gasteiger partial charge in [-0.1, -0.05) is 29.8 Å². The van der Waals surface area contributed by atoms with Crippen molar-refractivity contribution in [2.24, 2.45) is 0 Å². The third kappa shape index (κ3) is 4.33. The van der Waals surface area contributed by atoms with Crippen molar-refractivity contribution in [3.63, 3.8) is 0 Å². The maximum atomic E-state index is 12.2. The van der Waals surface area contributed by atoms with Gasteiger partial charge in [0.2, 0.25) is 0 Å². The van der Waals surface area contributed by atoms with Gasteiger partial charge < -0.3 is 10.1 Å². The fraction of sp³-hybridized carbons (Fsp3) is 0.176. The topological polar surface area (TPSA) is 81.9 Å². The highest BCUT2D eigenvalue weighted by molar-refractivity contribution is 6.31. The summed E-state index contributed by atoms with van der Waals surface area (Å²) in [7, 11) is 0. The summed E-state index contributed by atoms with van der Waals surface area (Å²) in [5.74, 6) is 0.363. The van der Waals surface area contributed by atoms with Gasteiger partial charge in [-0.05, 0) is 53.2 Å². The zero-order chi connectivity index (χ0) is 17.6. The van der Waals surface area contributed by atoms with Gasteiger partial charge in [-0.15, -0.1) is 5.10 Å². The highest BCUT2D eigenvalue weighted by Gasteiger charge is 2.15. The molecule has 1 amide bonds. The molecule has 0 saturated heterocycles. The number of ether oxygens (including phenoxy) is 1. The van der Waals surface area contributed by atoms with Crippen LogP contribution in [0.4, 0.5) is 0 Å². The highest BCUT2D eigenvalue weighted by atomic mass is 35.5. The number of benzene rings is 2. The summed E-state index contributed by atoms with van der Waals surface area (Å²) in [5, 5.41) is 14.4. The Balaban J connectivity index is 1.55. The number of carbonyl (C=O) groups excluding carboxylic acids is 1. The molecule has 0 radical (unpaired) electrons. The third-order valence-electron chi connectivity index (χ3n) is 3.54. The lowest BCUT2D eigenvalue weighted by Crippen LogP contribution is -2.35. The summed E-state index contributed by atoms with van der Waals surface area (Å²) in [6.07, 6.45) is 0.863. The van der Waals surface area contributed by atoms with Gasteiger partial charge in [0.25, 0.3) is 5.91 Å². The van der Waals surface area contributed by atoms with Gasteiger partial charge >= 0.3 is 0 Å². The summed E-state index contributed by atoms with van der Waals surface area (Å²) in [4.78, 5) is 12.2. The van der Waals surface area contributed by atoms with E-state index in [1.54, 1.807) is 37.3 Å². The number of hydrogen-bond donors (Lipinski definition) is 1. The van der Waals surface area contributed by atoms with Gasteiger partial charge in [0.05, 0.1) is 5.69 Å². The molecular weight excluding hydrogens is 342 g/mol. The van der Waals surface area contributed by atoms with Crippen molar-refractivity contribution in [3.05, 3.63) is 65.4 Å². The van der Waals surface area contributed by atoms with E-state index >= 15 is 0 Å². The molecule has 0 bridgehead atoms. The van der Waals surface area contributed by atoms with E-state index in [0.29, 0.717) is 17.3 Å². The Bertz CT molecular complexity index is 837. The van der Waals surface area contributed by atoms with Gasteiger partial charge in [-0.3, -0.25) is 4.79 Å². The maximum absolute atomic E-state index is 12.2. The number of nitrogens with one attached hydrogen (secondary N) is 1. The van der Waals surface area contributed by atoms with Crippen LogP contribution in [0.1, 0.15) is 12.5 Å². The lowest BCUT2D eigenvalue weighted by atomic mass is 10.2. The molecule has 1 heterocycles. The zero-order valence-electron chi connectivity index (χ0n) is 13.5. The second-order valence-corrected chi connectivity index (χ2v) is 5.72. The lowest BCUT2D eigenvalue weighted by Gasteiger charge is -2.15. The first kappa shape index (κ1) is 16.9. The largest absolute Gasteiger partial charge is 0.481 e. The molecule has 1 atom stereocenters. The van der Waals surface area contributed by atoms with Crippen molar-refractivity contribution in [1.29, 1.82) is 0 Å². The van der Waals surface area contributed by atoms with E-state index in [4.69, 9.17) is 16.3 Å². The van der Waals surface area contributed by atoms with E-state index in [1.165, 1.54) is 11.0 Å². The van der Waals surface area contributed by atoms with Gasteiger partial charge in [-0.2, -0.15) is 0 Å². The molecule has 1 N–H and O–H groups in total. The van der Waals surface area contributed by atoms with Crippen LogP contribution in [-0.2, 0) is 11.3 Å². The molecule has 0 saturated carbocycles. The van der Waals surface area contributed by atoms with Crippen LogP contribution < -0.4 is 10.1 Å². The van der Waals surface area contributed by atoms with E-state index in [-0.39, 0.29) is 5.91 Å². The van der Waals surface area contributed by atoms with Crippen LogP contribution in [-0.4, -0.2) is 32.2 Å². The van der Waals surface area contributed by atoms with Crippen LogP contribution in [0.3, 0.4) is 0 Å². The van der Waals surface area contributed by atoms with Crippen LogP contribution in [0.25, 0.3) is 5.69 Å². The molecule has 3 rings (SSSR count). The zero-order valence-corrected chi connectivity index (χ0v) is 14.2. The number of tetrazole rings is 1. The molecule has 1 aromatic heterocycles. The second-order valence-electron chi connectivity index (χ2n) is 5.32. The molecule has 8 heteroatoms. The summed E-state index contributed by atoms with van der Waals surface area (Å²) in [5.41, 5.74) is 1.66. The quantitative estimate of drug-likeness (QED) is 0.732. The maximum Gasteiger partial charge on any atom is 0.261 e. The molecule has 0 fully saturated rings. The number of rotatable bonds is 6. The molecule has 1 unspecified atom stereocenters. The van der Waals surface area contributed by atoms with E-state index in [9.17, 15) is 4.79 Å². The van der Waals surface area contributed by atoms with Crippen molar-refractivity contribution in [3.8, 4) is 11.4 Å². The molecule has 0 aliphatic carbocycles. The number of amides is 1. The Hall–Kier alpha value is -2.93. The highest BCUT2D eigenvalue weighted by Crippen LogP contribution is 2.17. The third-order valence-corrected chi connectivity index (χ3v) is 3.91. The SMILES string of the molecule is CC(Oc1ccc(-n2cnnn2)cc1)C(=O)NCc1ccccc1Cl. The molecule has 25 heavy (non-hydrogen) atoms. The Morgan fingerprint density at radius 1 is 1.24 bits per heavy atom. The number of nitrogens with zero attached hydrogens (tertiary/aromatic N) is 4. The summed E-state index contributed by atoms with van der Waals surface area (Å²) >= 11 is 6.08. The van der Waals surface area contributed by atoms with Crippen LogP contribution in [0, 0.1) is 0 Å². The number of carbonyl (C=O) groups is 1. The number of aromatic nitrogens is 4. The molecule has 7 nitrogen and oxygen atoms in total. The minimum atomic E-state index is -0.638. The Kier molecular flexibility index (Phi) is 5.25. The van der Waals surface area contributed by atoms with Crippen molar-refractivity contribution in [2.75, 3.05) is 0 Å². The van der Waals surface area contributed by atoms with Crippen molar-refractivity contribution in [2.45, 2.75) is 19.6 Å². The summed E-state index contributed by atoms with van der Waals surface area (Å²) in [6, 6.07) is 14.5. The van der Waals surface area contributed by atoms with E-state index in [1.807, 2.05) is 18.2 Å². The number of halogens is 1. The van der Waals surface area contributed by atoms with Crippen LogP contribution in [0.5, 0.6) is 5.75 Å². The molecule has 3 aromatic rings. The molecule has 128 valence electrons. The molecule has 2 aromatic carbocycles. The van der Waals surface area contributed by atoms with Crippen molar-refractivity contribution >= 4 is 17.5 Å². The van der Waals surface area contributed by atoms with Gasteiger partial charge in [-0.25, -0.2) is 4.68 Å². The summed E-state index contributed by atoms with van der Waals surface area (Å²) in [6.45, 7) is 2.04. The van der Waals surface area contributed by atoms with Gasteiger partial charge in [0, 0.05) is 11.6 Å².